The third-order valence-corrected chi connectivity index (χ3v) is 4.94. The van der Waals surface area contributed by atoms with Gasteiger partial charge in [0.1, 0.15) is 6.61 Å². The summed E-state index contributed by atoms with van der Waals surface area (Å²) in [6.45, 7) is 0.497. The molecule has 3 rings (SSSR count). The Morgan fingerprint density at radius 3 is 2.48 bits per heavy atom. The van der Waals surface area contributed by atoms with Gasteiger partial charge in [0.2, 0.25) is 0 Å². The smallest absolute Gasteiger partial charge is 0.289 e. The Morgan fingerprint density at radius 2 is 1.83 bits per heavy atom. The van der Waals surface area contributed by atoms with E-state index in [4.69, 9.17) is 10.8 Å². The molecule has 1 heterocycles. The number of benzene rings is 2. The number of rotatable bonds is 3. The third-order valence-electron chi connectivity index (χ3n) is 3.79. The van der Waals surface area contributed by atoms with Crippen LogP contribution >= 0.6 is 11.3 Å². The van der Waals surface area contributed by atoms with Crippen molar-refractivity contribution in [3.8, 4) is 11.8 Å². The molecule has 0 radical (unpaired) electrons. The van der Waals surface area contributed by atoms with Crippen molar-refractivity contribution in [1.29, 1.82) is 0 Å². The predicted octanol–water partition coefficient (Wildman–Crippen LogP) is 4.05. The lowest BCUT2D eigenvalue weighted by Gasteiger charge is -2.21. The van der Waals surface area contributed by atoms with Gasteiger partial charge in [-0.25, -0.2) is 8.78 Å². The lowest BCUT2D eigenvalue weighted by atomic mass is 9.99. The second-order valence-electron chi connectivity index (χ2n) is 5.34. The molecular formula is C18H15F2NOS. The van der Waals surface area contributed by atoms with Gasteiger partial charge in [-0.05, 0) is 42.8 Å². The van der Waals surface area contributed by atoms with Crippen LogP contribution in [0.5, 0.6) is 0 Å². The van der Waals surface area contributed by atoms with Crippen molar-refractivity contribution in [3.63, 3.8) is 0 Å². The lowest BCUT2D eigenvalue weighted by Crippen LogP contribution is -2.36. The quantitative estimate of drug-likeness (QED) is 0.711. The SMILES string of the molecule is CC#Cc1ccc2sc3ccc(C(N)C(F)(F)CO)cc3c2c1. The van der Waals surface area contributed by atoms with Crippen LogP contribution in [0.4, 0.5) is 8.78 Å². The molecule has 118 valence electrons. The van der Waals surface area contributed by atoms with Crippen LogP contribution in [0.2, 0.25) is 0 Å². The molecule has 0 saturated carbocycles. The van der Waals surface area contributed by atoms with Crippen molar-refractivity contribution in [2.24, 2.45) is 5.73 Å². The van der Waals surface area contributed by atoms with E-state index in [0.717, 1.165) is 25.7 Å². The minimum Gasteiger partial charge on any atom is -0.390 e. The van der Waals surface area contributed by atoms with Crippen molar-refractivity contribution >= 4 is 31.5 Å². The van der Waals surface area contributed by atoms with E-state index in [1.807, 2.05) is 18.2 Å². The summed E-state index contributed by atoms with van der Waals surface area (Å²) in [7, 11) is 0. The zero-order valence-electron chi connectivity index (χ0n) is 12.4. The summed E-state index contributed by atoms with van der Waals surface area (Å²) in [5, 5.41) is 10.7. The van der Waals surface area contributed by atoms with Crippen molar-refractivity contribution in [1.82, 2.24) is 0 Å². The van der Waals surface area contributed by atoms with Gasteiger partial charge in [-0.2, -0.15) is 0 Å². The van der Waals surface area contributed by atoms with E-state index in [0.29, 0.717) is 5.56 Å². The molecule has 0 spiro atoms. The summed E-state index contributed by atoms with van der Waals surface area (Å²) in [6, 6.07) is 9.44. The monoisotopic (exact) mass is 331 g/mol. The first-order chi connectivity index (χ1) is 11.0. The number of halogens is 2. The van der Waals surface area contributed by atoms with Gasteiger partial charge in [-0.3, -0.25) is 0 Å². The molecule has 3 aromatic rings. The van der Waals surface area contributed by atoms with Gasteiger partial charge < -0.3 is 10.8 Å². The highest BCUT2D eigenvalue weighted by Crippen LogP contribution is 2.37. The van der Waals surface area contributed by atoms with Crippen LogP contribution in [0.25, 0.3) is 20.2 Å². The molecule has 0 fully saturated rings. The Hall–Kier alpha value is -2.00. The minimum atomic E-state index is -3.35. The number of aliphatic hydroxyl groups is 1. The fourth-order valence-electron chi connectivity index (χ4n) is 2.55. The number of aliphatic hydroxyl groups excluding tert-OH is 1. The van der Waals surface area contributed by atoms with Crippen LogP contribution in [-0.4, -0.2) is 17.6 Å². The van der Waals surface area contributed by atoms with Crippen LogP contribution < -0.4 is 5.73 Å². The van der Waals surface area contributed by atoms with Crippen LogP contribution in [-0.2, 0) is 0 Å². The first-order valence-electron chi connectivity index (χ1n) is 7.09. The van der Waals surface area contributed by atoms with Crippen LogP contribution in [0, 0.1) is 11.8 Å². The van der Waals surface area contributed by atoms with Gasteiger partial charge >= 0.3 is 0 Å². The van der Waals surface area contributed by atoms with Crippen LogP contribution in [0.1, 0.15) is 24.1 Å². The molecule has 3 N–H and O–H groups in total. The number of alkyl halides is 2. The molecule has 0 saturated heterocycles. The van der Waals surface area contributed by atoms with E-state index in [1.54, 1.807) is 36.5 Å². The summed E-state index contributed by atoms with van der Waals surface area (Å²) in [5.41, 5.74) is 6.83. The van der Waals surface area contributed by atoms with E-state index in [9.17, 15) is 8.78 Å². The highest BCUT2D eigenvalue weighted by Gasteiger charge is 2.37. The lowest BCUT2D eigenvalue weighted by molar-refractivity contribution is -0.0711. The standard InChI is InChI=1S/C18H15F2NOS/c1-2-3-11-4-6-15-13(8-11)14-9-12(5-7-16(14)23-15)17(21)18(19,20)10-22/h4-9,17,22H,10,21H2,1H3. The average Bonchev–Trinajstić information content (AvgIpc) is 2.91. The Balaban J connectivity index is 2.19. The normalized spacial score (nSPS) is 13.1. The Bertz CT molecular complexity index is 936. The van der Waals surface area contributed by atoms with Gasteiger partial charge in [0.05, 0.1) is 6.04 Å². The summed E-state index contributed by atoms with van der Waals surface area (Å²) < 4.78 is 29.4. The number of hydrogen-bond donors (Lipinski definition) is 2. The molecule has 1 aromatic heterocycles. The van der Waals surface area contributed by atoms with Gasteiger partial charge in [-0.15, -0.1) is 17.3 Å². The summed E-state index contributed by atoms with van der Waals surface area (Å²) in [4.78, 5) is 0. The molecule has 0 aliphatic rings. The molecule has 1 atom stereocenters. The van der Waals surface area contributed by atoms with E-state index in [-0.39, 0.29) is 0 Å². The van der Waals surface area contributed by atoms with Gasteiger partial charge in [0, 0.05) is 25.7 Å². The van der Waals surface area contributed by atoms with E-state index >= 15 is 0 Å². The Kier molecular flexibility index (Phi) is 4.07. The molecule has 0 aliphatic carbocycles. The fraction of sp³-hybridized carbons (Fsp3) is 0.222. The molecule has 0 aliphatic heterocycles. The van der Waals surface area contributed by atoms with Crippen molar-refractivity contribution in [2.45, 2.75) is 18.9 Å². The first-order valence-corrected chi connectivity index (χ1v) is 7.91. The Labute approximate surface area is 136 Å². The largest absolute Gasteiger partial charge is 0.390 e. The number of hydrogen-bond acceptors (Lipinski definition) is 3. The van der Waals surface area contributed by atoms with Gasteiger partial charge in [0.25, 0.3) is 5.92 Å². The maximum atomic E-state index is 13.6. The highest BCUT2D eigenvalue weighted by molar-refractivity contribution is 7.25. The van der Waals surface area contributed by atoms with E-state index < -0.39 is 18.6 Å². The fourth-order valence-corrected chi connectivity index (χ4v) is 3.62. The maximum Gasteiger partial charge on any atom is 0.289 e. The molecule has 23 heavy (non-hydrogen) atoms. The molecular weight excluding hydrogens is 316 g/mol. The Morgan fingerprint density at radius 1 is 1.17 bits per heavy atom. The average molecular weight is 331 g/mol. The topological polar surface area (TPSA) is 46.2 Å². The summed E-state index contributed by atoms with van der Waals surface area (Å²) >= 11 is 1.60. The zero-order chi connectivity index (χ0) is 16.6. The van der Waals surface area contributed by atoms with Crippen LogP contribution in [0.3, 0.4) is 0 Å². The van der Waals surface area contributed by atoms with Crippen LogP contribution in [0.15, 0.2) is 36.4 Å². The second kappa shape index (κ2) is 5.89. The molecule has 2 aromatic carbocycles. The summed E-state index contributed by atoms with van der Waals surface area (Å²) in [5.74, 6) is 2.51. The third kappa shape index (κ3) is 2.81. The number of nitrogens with two attached hydrogens (primary N) is 1. The van der Waals surface area contributed by atoms with Gasteiger partial charge in [-0.1, -0.05) is 12.0 Å². The highest BCUT2D eigenvalue weighted by atomic mass is 32.1. The van der Waals surface area contributed by atoms with Gasteiger partial charge in [0.15, 0.2) is 0 Å². The first kappa shape index (κ1) is 15.9. The number of thiophene rings is 1. The molecule has 2 nitrogen and oxygen atoms in total. The molecule has 0 bridgehead atoms. The predicted molar refractivity (Wildman–Crippen MR) is 90.8 cm³/mol. The van der Waals surface area contributed by atoms with E-state index in [1.165, 1.54) is 0 Å². The molecule has 0 amide bonds. The zero-order valence-corrected chi connectivity index (χ0v) is 13.3. The van der Waals surface area contributed by atoms with E-state index in [2.05, 4.69) is 11.8 Å². The molecule has 1 unspecified atom stereocenters. The maximum absolute atomic E-state index is 13.6. The summed E-state index contributed by atoms with van der Waals surface area (Å²) in [6.07, 6.45) is 0. The minimum absolute atomic E-state index is 0.309. The van der Waals surface area contributed by atoms with Crippen molar-refractivity contribution < 1.29 is 13.9 Å². The van der Waals surface area contributed by atoms with Crippen molar-refractivity contribution in [2.75, 3.05) is 6.61 Å². The number of fused-ring (bicyclic) bond motifs is 3. The van der Waals surface area contributed by atoms with Crippen molar-refractivity contribution in [3.05, 3.63) is 47.5 Å². The molecule has 5 heteroatoms. The second-order valence-corrected chi connectivity index (χ2v) is 6.42.